The van der Waals surface area contributed by atoms with Crippen LogP contribution in [0, 0.1) is 0 Å². The molecule has 176 valence electrons. The molecule has 7 nitrogen and oxygen atoms in total. The van der Waals surface area contributed by atoms with Crippen LogP contribution in [0.1, 0.15) is 33.2 Å². The third-order valence-corrected chi connectivity index (χ3v) is 5.90. The molecule has 3 aromatic carbocycles. The number of allylic oxidation sites excluding steroid dienone is 1. The second-order valence-electron chi connectivity index (χ2n) is 7.97. The number of aryl methyl sites for hydroxylation is 1. The Morgan fingerprint density at radius 3 is 2.51 bits per heavy atom. The fraction of sp³-hybridized carbons (Fsp3) is 0.143. The Kier molecular flexibility index (Phi) is 5.74. The van der Waals surface area contributed by atoms with E-state index in [0.29, 0.717) is 22.6 Å². The van der Waals surface area contributed by atoms with Crippen LogP contribution in [0.2, 0.25) is 0 Å². The second-order valence-corrected chi connectivity index (χ2v) is 7.97. The number of Topliss-reactive ketones (excluding diaryl/α,β-unsaturated/α-hetero) is 1. The van der Waals surface area contributed by atoms with E-state index in [1.54, 1.807) is 55.7 Å². The molecular formula is C28H23NO6. The van der Waals surface area contributed by atoms with E-state index in [1.807, 2.05) is 24.4 Å². The number of hydrogen-bond acceptors (Lipinski definition) is 6. The van der Waals surface area contributed by atoms with E-state index in [2.05, 4.69) is 11.5 Å². The molecule has 0 fully saturated rings. The van der Waals surface area contributed by atoms with E-state index in [9.17, 15) is 9.59 Å². The number of methoxy groups -OCH3 is 2. The van der Waals surface area contributed by atoms with Gasteiger partial charge in [0.25, 0.3) is 0 Å². The van der Waals surface area contributed by atoms with Crippen molar-refractivity contribution in [3.63, 3.8) is 0 Å². The molecule has 0 N–H and O–H groups in total. The van der Waals surface area contributed by atoms with Gasteiger partial charge in [0.15, 0.2) is 5.76 Å². The molecule has 0 unspecified atom stereocenters. The maximum Gasteiger partial charge on any atom is 0.343 e. The molecule has 0 bridgehead atoms. The molecule has 5 rings (SSSR count). The number of ether oxygens (including phenoxy) is 4. The Balaban J connectivity index is 1.42. The second kappa shape index (κ2) is 9.02. The molecule has 0 radical (unpaired) electrons. The number of fused-ring (bicyclic) bond motifs is 2. The topological polar surface area (TPSA) is 76.0 Å². The lowest BCUT2D eigenvalue weighted by Crippen LogP contribution is -2.08. The van der Waals surface area contributed by atoms with Crippen LogP contribution < -0.4 is 18.9 Å². The van der Waals surface area contributed by atoms with Crippen LogP contribution in [-0.4, -0.2) is 30.5 Å². The maximum atomic E-state index is 13.0. The molecule has 1 aliphatic heterocycles. The largest absolute Gasteiger partial charge is 0.497 e. The van der Waals surface area contributed by atoms with E-state index in [-0.39, 0.29) is 17.3 Å². The first kappa shape index (κ1) is 22.3. The zero-order chi connectivity index (χ0) is 24.5. The molecule has 0 amide bonds. The van der Waals surface area contributed by atoms with Crippen molar-refractivity contribution in [3.8, 4) is 23.0 Å². The fourth-order valence-electron chi connectivity index (χ4n) is 4.10. The van der Waals surface area contributed by atoms with Gasteiger partial charge in [-0.05, 0) is 61.5 Å². The van der Waals surface area contributed by atoms with Crippen molar-refractivity contribution in [3.05, 3.63) is 89.3 Å². The average molecular weight is 469 g/mol. The first-order valence-corrected chi connectivity index (χ1v) is 11.1. The normalized spacial score (nSPS) is 13.6. The van der Waals surface area contributed by atoms with Gasteiger partial charge in [0, 0.05) is 35.3 Å². The SMILES string of the molecule is CCn1cc(C=C2Oc3cc(OC(=O)c4cccc(OC)c4)ccc3C2=O)c2cc(OC)ccc21. The van der Waals surface area contributed by atoms with Gasteiger partial charge in [-0.3, -0.25) is 4.79 Å². The number of rotatable bonds is 6. The monoisotopic (exact) mass is 469 g/mol. The first-order valence-electron chi connectivity index (χ1n) is 11.1. The van der Waals surface area contributed by atoms with E-state index < -0.39 is 5.97 Å². The standard InChI is InChI=1S/C28H23NO6/c1-4-29-16-18(23-14-20(33-3)9-11-24(23)29)13-26-27(30)22-10-8-21(15-25(22)35-26)34-28(31)17-6-5-7-19(12-17)32-2/h5-16H,4H2,1-3H3. The number of esters is 1. The number of ketones is 1. The van der Waals surface area contributed by atoms with E-state index in [1.165, 1.54) is 7.11 Å². The number of hydrogen-bond donors (Lipinski definition) is 0. The highest BCUT2D eigenvalue weighted by atomic mass is 16.5. The smallest absolute Gasteiger partial charge is 0.343 e. The minimum Gasteiger partial charge on any atom is -0.497 e. The molecule has 0 spiro atoms. The van der Waals surface area contributed by atoms with Crippen LogP contribution in [0.3, 0.4) is 0 Å². The lowest BCUT2D eigenvalue weighted by Gasteiger charge is -2.07. The number of carbonyl (C=O) groups excluding carboxylic acids is 2. The van der Waals surface area contributed by atoms with Gasteiger partial charge in [0.05, 0.1) is 25.3 Å². The maximum absolute atomic E-state index is 13.0. The van der Waals surface area contributed by atoms with Crippen LogP contribution >= 0.6 is 0 Å². The molecule has 4 aromatic rings. The minimum absolute atomic E-state index is 0.203. The Labute approximate surface area is 202 Å². The third-order valence-electron chi connectivity index (χ3n) is 5.90. The van der Waals surface area contributed by atoms with Crippen molar-refractivity contribution in [2.24, 2.45) is 0 Å². The van der Waals surface area contributed by atoms with Gasteiger partial charge in [0.2, 0.25) is 5.78 Å². The Morgan fingerprint density at radius 1 is 0.971 bits per heavy atom. The molecule has 2 heterocycles. The highest BCUT2D eigenvalue weighted by Gasteiger charge is 2.28. The quantitative estimate of drug-likeness (QED) is 0.210. The number of benzene rings is 3. The Morgan fingerprint density at radius 2 is 1.74 bits per heavy atom. The number of aromatic nitrogens is 1. The lowest BCUT2D eigenvalue weighted by molar-refractivity contribution is 0.0734. The summed E-state index contributed by atoms with van der Waals surface area (Å²) in [5.74, 6) is 1.34. The molecule has 7 heteroatoms. The van der Waals surface area contributed by atoms with Gasteiger partial charge >= 0.3 is 5.97 Å². The molecule has 1 aromatic heterocycles. The average Bonchev–Trinajstić information content (AvgIpc) is 3.40. The minimum atomic E-state index is -0.537. The molecular weight excluding hydrogens is 446 g/mol. The first-order chi connectivity index (χ1) is 17.0. The van der Waals surface area contributed by atoms with Crippen LogP contribution in [0.15, 0.2) is 72.6 Å². The van der Waals surface area contributed by atoms with Gasteiger partial charge in [0.1, 0.15) is 23.0 Å². The summed E-state index contributed by atoms with van der Waals surface area (Å²) < 4.78 is 24.0. The van der Waals surface area contributed by atoms with E-state index >= 15 is 0 Å². The summed E-state index contributed by atoms with van der Waals surface area (Å²) in [4.78, 5) is 25.6. The summed E-state index contributed by atoms with van der Waals surface area (Å²) in [6, 6.07) is 17.3. The summed E-state index contributed by atoms with van der Waals surface area (Å²) in [7, 11) is 3.15. The van der Waals surface area contributed by atoms with Crippen LogP contribution in [0.4, 0.5) is 0 Å². The van der Waals surface area contributed by atoms with Gasteiger partial charge in [-0.25, -0.2) is 4.79 Å². The number of nitrogens with zero attached hydrogens (tertiary/aromatic N) is 1. The van der Waals surface area contributed by atoms with Crippen LogP contribution in [0.5, 0.6) is 23.0 Å². The van der Waals surface area contributed by atoms with Crippen LogP contribution in [-0.2, 0) is 6.54 Å². The van der Waals surface area contributed by atoms with Gasteiger partial charge < -0.3 is 23.5 Å². The molecule has 0 atom stereocenters. The van der Waals surface area contributed by atoms with Crippen molar-refractivity contribution >= 4 is 28.7 Å². The van der Waals surface area contributed by atoms with Crippen molar-refractivity contribution in [1.82, 2.24) is 4.57 Å². The van der Waals surface area contributed by atoms with Gasteiger partial charge in [-0.1, -0.05) is 6.07 Å². The Hall–Kier alpha value is -4.52. The van der Waals surface area contributed by atoms with Crippen molar-refractivity contribution in [1.29, 1.82) is 0 Å². The van der Waals surface area contributed by atoms with Crippen molar-refractivity contribution in [2.45, 2.75) is 13.5 Å². The molecule has 0 saturated carbocycles. The summed E-state index contributed by atoms with van der Waals surface area (Å²) in [5, 5.41) is 0.957. The summed E-state index contributed by atoms with van der Waals surface area (Å²) in [5.41, 5.74) is 2.65. The van der Waals surface area contributed by atoms with Crippen molar-refractivity contribution < 1.29 is 28.5 Å². The molecule has 1 aliphatic rings. The Bertz CT molecular complexity index is 1500. The predicted molar refractivity (Wildman–Crippen MR) is 131 cm³/mol. The summed E-state index contributed by atoms with van der Waals surface area (Å²) in [6.45, 7) is 2.84. The molecule has 0 saturated heterocycles. The van der Waals surface area contributed by atoms with Gasteiger partial charge in [-0.15, -0.1) is 0 Å². The zero-order valence-electron chi connectivity index (χ0n) is 19.5. The van der Waals surface area contributed by atoms with E-state index in [0.717, 1.165) is 28.8 Å². The van der Waals surface area contributed by atoms with Crippen LogP contribution in [0.25, 0.3) is 17.0 Å². The van der Waals surface area contributed by atoms with Gasteiger partial charge in [-0.2, -0.15) is 0 Å². The highest BCUT2D eigenvalue weighted by molar-refractivity contribution is 6.15. The summed E-state index contributed by atoms with van der Waals surface area (Å²) >= 11 is 0. The summed E-state index contributed by atoms with van der Waals surface area (Å²) in [6.07, 6.45) is 3.72. The molecule has 0 aliphatic carbocycles. The van der Waals surface area contributed by atoms with E-state index in [4.69, 9.17) is 18.9 Å². The molecule has 35 heavy (non-hydrogen) atoms. The zero-order valence-corrected chi connectivity index (χ0v) is 19.5. The van der Waals surface area contributed by atoms with Crippen molar-refractivity contribution in [2.75, 3.05) is 14.2 Å². The third kappa shape index (κ3) is 4.12. The highest BCUT2D eigenvalue weighted by Crippen LogP contribution is 2.36. The number of carbonyl (C=O) groups is 2. The lowest BCUT2D eigenvalue weighted by atomic mass is 10.1. The predicted octanol–water partition coefficient (Wildman–Crippen LogP) is 5.51. The fourth-order valence-corrected chi connectivity index (χ4v) is 4.10.